The van der Waals surface area contributed by atoms with Gasteiger partial charge in [-0.2, -0.15) is 0 Å². The highest BCUT2D eigenvalue weighted by atomic mass is 79.9. The molecular weight excluding hydrogens is 296 g/mol. The van der Waals surface area contributed by atoms with Gasteiger partial charge in [0.05, 0.1) is 23.0 Å². The molecule has 0 saturated carbocycles. The van der Waals surface area contributed by atoms with Crippen LogP contribution in [-0.2, 0) is 0 Å². The van der Waals surface area contributed by atoms with Crippen molar-refractivity contribution in [1.29, 1.82) is 0 Å². The zero-order chi connectivity index (χ0) is 13.0. The second-order valence-electron chi connectivity index (χ2n) is 3.57. The summed E-state index contributed by atoms with van der Waals surface area (Å²) < 4.78 is 11.8. The Morgan fingerprint density at radius 3 is 2.78 bits per heavy atom. The van der Waals surface area contributed by atoms with Gasteiger partial charge in [-0.05, 0) is 41.1 Å². The molecule has 0 spiro atoms. The van der Waals surface area contributed by atoms with E-state index in [2.05, 4.69) is 20.9 Å². The third kappa shape index (κ3) is 3.13. The summed E-state index contributed by atoms with van der Waals surface area (Å²) in [7, 11) is 0. The maximum atomic E-state index is 5.66. The number of hydrogen-bond acceptors (Lipinski definition) is 4. The molecule has 0 aliphatic carbocycles. The monoisotopic (exact) mass is 308 g/mol. The predicted octanol–water partition coefficient (Wildman–Crippen LogP) is 3.62. The molecule has 0 fully saturated rings. The van der Waals surface area contributed by atoms with Crippen LogP contribution in [0.5, 0.6) is 17.4 Å². The molecular formula is C13H13BrN2O2. The lowest BCUT2D eigenvalue weighted by Gasteiger charge is -2.08. The van der Waals surface area contributed by atoms with Gasteiger partial charge in [0, 0.05) is 6.07 Å². The van der Waals surface area contributed by atoms with Crippen LogP contribution >= 0.6 is 15.9 Å². The third-order valence-electron chi connectivity index (χ3n) is 2.16. The molecule has 0 saturated heterocycles. The fraction of sp³-hybridized carbons (Fsp3) is 0.154. The fourth-order valence-electron chi connectivity index (χ4n) is 1.42. The van der Waals surface area contributed by atoms with Crippen LogP contribution in [0.4, 0.5) is 5.69 Å². The van der Waals surface area contributed by atoms with E-state index in [4.69, 9.17) is 15.2 Å². The highest BCUT2D eigenvalue weighted by molar-refractivity contribution is 9.10. The molecule has 1 aromatic heterocycles. The number of pyridine rings is 1. The molecule has 2 aromatic rings. The number of nitrogen functional groups attached to an aromatic ring is 1. The molecule has 0 unspecified atom stereocenters. The predicted molar refractivity (Wildman–Crippen MR) is 74.0 cm³/mol. The number of rotatable bonds is 4. The smallest absolute Gasteiger partial charge is 0.233 e. The van der Waals surface area contributed by atoms with Gasteiger partial charge in [-0.15, -0.1) is 0 Å². The summed E-state index contributed by atoms with van der Waals surface area (Å²) in [5.74, 6) is 1.90. The van der Waals surface area contributed by atoms with Gasteiger partial charge in [-0.3, -0.25) is 0 Å². The van der Waals surface area contributed by atoms with Crippen molar-refractivity contribution in [3.05, 3.63) is 41.0 Å². The second kappa shape index (κ2) is 5.73. The zero-order valence-electron chi connectivity index (χ0n) is 9.89. The summed E-state index contributed by atoms with van der Waals surface area (Å²) in [4.78, 5) is 4.11. The van der Waals surface area contributed by atoms with Crippen LogP contribution in [0.1, 0.15) is 6.92 Å². The summed E-state index contributed by atoms with van der Waals surface area (Å²) >= 11 is 3.36. The van der Waals surface area contributed by atoms with E-state index >= 15 is 0 Å². The maximum Gasteiger partial charge on any atom is 0.233 e. The van der Waals surface area contributed by atoms with Crippen molar-refractivity contribution < 1.29 is 9.47 Å². The quantitative estimate of drug-likeness (QED) is 0.937. The minimum Gasteiger partial charge on any atom is -0.494 e. The van der Waals surface area contributed by atoms with Gasteiger partial charge in [0.1, 0.15) is 11.5 Å². The van der Waals surface area contributed by atoms with Gasteiger partial charge < -0.3 is 15.2 Å². The lowest BCUT2D eigenvalue weighted by atomic mass is 10.3. The molecule has 0 radical (unpaired) electrons. The molecule has 94 valence electrons. The Hall–Kier alpha value is -1.75. The van der Waals surface area contributed by atoms with E-state index in [0.717, 1.165) is 5.75 Å². The molecule has 18 heavy (non-hydrogen) atoms. The van der Waals surface area contributed by atoms with E-state index in [9.17, 15) is 0 Å². The summed E-state index contributed by atoms with van der Waals surface area (Å²) in [5.41, 5.74) is 6.20. The number of anilines is 1. The molecule has 0 aliphatic rings. The fourth-order valence-corrected chi connectivity index (χ4v) is 1.87. The number of nitrogens with zero attached hydrogens (tertiary/aromatic N) is 1. The second-order valence-corrected chi connectivity index (χ2v) is 4.42. The first-order valence-corrected chi connectivity index (χ1v) is 6.30. The average Bonchev–Trinajstić information content (AvgIpc) is 2.34. The van der Waals surface area contributed by atoms with Gasteiger partial charge in [-0.1, -0.05) is 6.07 Å². The lowest BCUT2D eigenvalue weighted by Crippen LogP contribution is -1.94. The van der Waals surface area contributed by atoms with Crippen LogP contribution in [0.25, 0.3) is 0 Å². The Labute approximate surface area is 114 Å². The Morgan fingerprint density at radius 2 is 2.06 bits per heavy atom. The number of ether oxygens (including phenoxy) is 2. The Morgan fingerprint density at radius 1 is 1.28 bits per heavy atom. The van der Waals surface area contributed by atoms with Gasteiger partial charge >= 0.3 is 0 Å². The van der Waals surface area contributed by atoms with E-state index in [-0.39, 0.29) is 0 Å². The van der Waals surface area contributed by atoms with Crippen LogP contribution in [0.2, 0.25) is 0 Å². The molecule has 4 nitrogen and oxygen atoms in total. The van der Waals surface area contributed by atoms with Gasteiger partial charge in [0.2, 0.25) is 5.88 Å². The molecule has 1 heterocycles. The largest absolute Gasteiger partial charge is 0.494 e. The SMILES string of the molecule is CCOc1cccc(Oc2ncc(N)cc2Br)c1. The number of nitrogens with two attached hydrogens (primary N) is 1. The van der Waals surface area contributed by atoms with E-state index in [1.807, 2.05) is 31.2 Å². The number of hydrogen-bond donors (Lipinski definition) is 1. The molecule has 2 N–H and O–H groups in total. The van der Waals surface area contributed by atoms with E-state index in [1.54, 1.807) is 12.3 Å². The lowest BCUT2D eigenvalue weighted by molar-refractivity contribution is 0.338. The molecule has 0 aliphatic heterocycles. The van der Waals surface area contributed by atoms with Crippen molar-refractivity contribution >= 4 is 21.6 Å². The van der Waals surface area contributed by atoms with E-state index in [0.29, 0.717) is 28.4 Å². The third-order valence-corrected chi connectivity index (χ3v) is 2.73. The van der Waals surface area contributed by atoms with Gasteiger partial charge in [0.15, 0.2) is 0 Å². The minimum absolute atomic E-state index is 0.470. The van der Waals surface area contributed by atoms with Crippen molar-refractivity contribution in [3.63, 3.8) is 0 Å². The molecule has 5 heteroatoms. The van der Waals surface area contributed by atoms with E-state index in [1.165, 1.54) is 0 Å². The zero-order valence-corrected chi connectivity index (χ0v) is 11.5. The Balaban J connectivity index is 2.20. The van der Waals surface area contributed by atoms with Crippen molar-refractivity contribution in [2.24, 2.45) is 0 Å². The topological polar surface area (TPSA) is 57.4 Å². The summed E-state index contributed by atoms with van der Waals surface area (Å²) in [6, 6.07) is 9.14. The average molecular weight is 309 g/mol. The van der Waals surface area contributed by atoms with Crippen LogP contribution < -0.4 is 15.2 Å². The number of benzene rings is 1. The minimum atomic E-state index is 0.470. The number of aromatic nitrogens is 1. The summed E-state index contributed by atoms with van der Waals surface area (Å²) in [5, 5.41) is 0. The molecule has 2 rings (SSSR count). The van der Waals surface area contributed by atoms with Gasteiger partial charge in [-0.25, -0.2) is 4.98 Å². The normalized spacial score (nSPS) is 10.1. The van der Waals surface area contributed by atoms with Crippen molar-refractivity contribution in [2.75, 3.05) is 12.3 Å². The summed E-state index contributed by atoms with van der Waals surface area (Å²) in [6.07, 6.45) is 1.55. The Bertz CT molecular complexity index is 546. The highest BCUT2D eigenvalue weighted by Crippen LogP contribution is 2.30. The van der Waals surface area contributed by atoms with Crippen molar-refractivity contribution in [3.8, 4) is 17.4 Å². The van der Waals surface area contributed by atoms with Crippen LogP contribution in [0.15, 0.2) is 41.0 Å². The number of halogens is 1. The van der Waals surface area contributed by atoms with Gasteiger partial charge in [0.25, 0.3) is 0 Å². The molecule has 1 aromatic carbocycles. The van der Waals surface area contributed by atoms with E-state index < -0.39 is 0 Å². The Kier molecular flexibility index (Phi) is 4.04. The highest BCUT2D eigenvalue weighted by Gasteiger charge is 2.05. The van der Waals surface area contributed by atoms with Crippen molar-refractivity contribution in [1.82, 2.24) is 4.98 Å². The maximum absolute atomic E-state index is 5.66. The van der Waals surface area contributed by atoms with Crippen LogP contribution in [0, 0.1) is 0 Å². The first kappa shape index (κ1) is 12.7. The van der Waals surface area contributed by atoms with Crippen molar-refractivity contribution in [2.45, 2.75) is 6.92 Å². The van der Waals surface area contributed by atoms with Crippen LogP contribution in [0.3, 0.4) is 0 Å². The molecule has 0 atom stereocenters. The standard InChI is InChI=1S/C13H13BrN2O2/c1-2-17-10-4-3-5-11(7-10)18-13-12(14)6-9(15)8-16-13/h3-8H,2,15H2,1H3. The summed E-state index contributed by atoms with van der Waals surface area (Å²) in [6.45, 7) is 2.55. The first-order valence-electron chi connectivity index (χ1n) is 5.51. The molecule has 0 amide bonds. The van der Waals surface area contributed by atoms with Crippen LogP contribution in [-0.4, -0.2) is 11.6 Å². The first-order chi connectivity index (χ1) is 8.69. The molecule has 0 bridgehead atoms.